The molecule has 0 amide bonds. The molecule has 0 spiro atoms. The molecule has 0 fully saturated rings. The number of nitrogens with one attached hydrogen (secondary N) is 3. The van der Waals surface area contributed by atoms with E-state index in [4.69, 9.17) is 4.42 Å². The largest absolute Gasteiger partial charge is 0.443 e. The van der Waals surface area contributed by atoms with E-state index in [0.29, 0.717) is 10.9 Å². The van der Waals surface area contributed by atoms with Crippen molar-refractivity contribution in [3.8, 4) is 0 Å². The van der Waals surface area contributed by atoms with E-state index < -0.39 is 10.9 Å². The van der Waals surface area contributed by atoms with E-state index in [0.717, 1.165) is 4.79 Å². The molecule has 14 heavy (non-hydrogen) atoms. The third-order valence-corrected chi connectivity index (χ3v) is 1.92. The molecule has 0 aromatic carbocycles. The monoisotopic (exact) mass is 216 g/mol. The maximum atomic E-state index is 10.4. The molecule has 0 radical (unpaired) electrons. The zero-order valence-electron chi connectivity index (χ0n) is 6.93. The van der Waals surface area contributed by atoms with E-state index in [2.05, 4.69) is 14.9 Å². The van der Waals surface area contributed by atoms with Gasteiger partial charge in [-0.1, -0.05) is 0 Å². The summed E-state index contributed by atoms with van der Waals surface area (Å²) in [4.78, 5) is 6.19. The number of thiol groups is 1. The van der Waals surface area contributed by atoms with Crippen molar-refractivity contribution in [3.63, 3.8) is 0 Å². The molecule has 2 aliphatic rings. The summed E-state index contributed by atoms with van der Waals surface area (Å²) >= 11 is 0. The van der Waals surface area contributed by atoms with Crippen molar-refractivity contribution in [3.05, 3.63) is 35.6 Å². The Balaban J connectivity index is 2.73. The molecular formula is C6H8N4O3S. The normalized spacial score (nSPS) is 10.6. The Morgan fingerprint density at radius 1 is 1.43 bits per heavy atom. The fourth-order valence-electron chi connectivity index (χ4n) is 1.05. The van der Waals surface area contributed by atoms with E-state index in [9.17, 15) is 8.42 Å². The summed E-state index contributed by atoms with van der Waals surface area (Å²) in [6.07, 6.45) is 4.58. The van der Waals surface area contributed by atoms with Gasteiger partial charge in [-0.3, -0.25) is 5.10 Å². The zero-order chi connectivity index (χ0) is 9.97. The smallest absolute Gasteiger partial charge is 0.258 e. The molecule has 0 aliphatic carbocycles. The van der Waals surface area contributed by atoms with Crippen LogP contribution in [0.25, 0.3) is 0 Å². The number of aromatic amines is 2. The Hall–Kier alpha value is -1.83. The quantitative estimate of drug-likeness (QED) is 0.517. The van der Waals surface area contributed by atoms with Crippen LogP contribution < -0.4 is 4.83 Å². The Morgan fingerprint density at radius 3 is 3.07 bits per heavy atom. The lowest BCUT2D eigenvalue weighted by atomic mass is 10.5. The average molecular weight is 216 g/mol. The maximum absolute atomic E-state index is 10.4. The van der Waals surface area contributed by atoms with Gasteiger partial charge in [0.15, 0.2) is 0 Å². The molecule has 0 aromatic rings. The second-order valence-electron chi connectivity index (χ2n) is 2.44. The third-order valence-electron chi connectivity index (χ3n) is 1.56. The standard InChI is InChI=1S/C6H8N4O3S/c11-14(12)9-10-6-5(1-2-8-10)7-3-4-13-6/h1-4,7-8,14H,(H,9,11,12). The van der Waals surface area contributed by atoms with Gasteiger partial charge in [-0.15, -0.1) is 0 Å². The number of nitrogens with zero attached hydrogens (tertiary/aromatic N) is 1. The highest BCUT2D eigenvalue weighted by Crippen LogP contribution is 1.92. The van der Waals surface area contributed by atoms with Gasteiger partial charge in [-0.2, -0.15) is 4.79 Å². The van der Waals surface area contributed by atoms with Gasteiger partial charge in [0.2, 0.25) is 10.9 Å². The Bertz CT molecular complexity index is 569. The third kappa shape index (κ3) is 1.59. The Morgan fingerprint density at radius 2 is 2.29 bits per heavy atom. The molecule has 3 N–H and O–H groups in total. The molecule has 2 rings (SSSR count). The first kappa shape index (κ1) is 8.75. The second-order valence-corrected chi connectivity index (χ2v) is 3.15. The Kier molecular flexibility index (Phi) is 2.19. The first-order valence-corrected chi connectivity index (χ1v) is 4.91. The van der Waals surface area contributed by atoms with Gasteiger partial charge in [0.05, 0.1) is 0 Å². The van der Waals surface area contributed by atoms with E-state index in [1.54, 1.807) is 18.5 Å². The SMILES string of the molecule is O=[SH](=O)Nn1[nH]ccc2[nH]ccoc1=2. The summed E-state index contributed by atoms with van der Waals surface area (Å²) in [7, 11) is -2.74. The van der Waals surface area contributed by atoms with Crippen LogP contribution in [0, 0.1) is 10.9 Å². The van der Waals surface area contributed by atoms with Crippen LogP contribution in [0.2, 0.25) is 0 Å². The molecule has 0 saturated heterocycles. The minimum Gasteiger partial charge on any atom is -0.443 e. The lowest BCUT2D eigenvalue weighted by Gasteiger charge is -2.04. The van der Waals surface area contributed by atoms with Crippen LogP contribution in [-0.4, -0.2) is 23.3 Å². The molecular weight excluding hydrogens is 208 g/mol. The summed E-state index contributed by atoms with van der Waals surface area (Å²) in [5, 5.41) is 3.31. The summed E-state index contributed by atoms with van der Waals surface area (Å²) < 4.78 is 26.0. The summed E-state index contributed by atoms with van der Waals surface area (Å²) in [6.45, 7) is 0. The van der Waals surface area contributed by atoms with Gasteiger partial charge < -0.3 is 9.40 Å². The van der Waals surface area contributed by atoms with Gasteiger partial charge in [0, 0.05) is 12.4 Å². The minimum atomic E-state index is -2.74. The zero-order valence-corrected chi connectivity index (χ0v) is 7.82. The van der Waals surface area contributed by atoms with E-state index in [-0.39, 0.29) is 0 Å². The molecule has 76 valence electrons. The van der Waals surface area contributed by atoms with Crippen LogP contribution in [0.4, 0.5) is 0 Å². The molecule has 0 atom stereocenters. The van der Waals surface area contributed by atoms with Gasteiger partial charge in [0.1, 0.15) is 11.6 Å². The van der Waals surface area contributed by atoms with Gasteiger partial charge >= 0.3 is 0 Å². The van der Waals surface area contributed by atoms with Crippen LogP contribution in [0.1, 0.15) is 0 Å². The van der Waals surface area contributed by atoms with Gasteiger partial charge in [-0.25, -0.2) is 13.2 Å². The number of rotatable bonds is 2. The van der Waals surface area contributed by atoms with Crippen molar-refractivity contribution in [1.82, 2.24) is 14.9 Å². The number of hydrogen-bond donors (Lipinski definition) is 4. The summed E-state index contributed by atoms with van der Waals surface area (Å²) in [5.41, 5.74) is 0.342. The van der Waals surface area contributed by atoms with Crippen LogP contribution in [0.15, 0.2) is 29.1 Å². The summed E-state index contributed by atoms with van der Waals surface area (Å²) in [5.74, 6) is 0. The number of hydrogen-bond acceptors (Lipinski definition) is 3. The van der Waals surface area contributed by atoms with Crippen LogP contribution in [0.5, 0.6) is 0 Å². The molecule has 0 bridgehead atoms. The fourth-order valence-corrected chi connectivity index (χ4v) is 1.36. The topological polar surface area (TPSA) is 95.8 Å². The van der Waals surface area contributed by atoms with Crippen molar-refractivity contribution in [1.29, 1.82) is 0 Å². The average Bonchev–Trinajstić information content (AvgIpc) is 2.18. The molecule has 0 unspecified atom stereocenters. The number of H-pyrrole nitrogens is 2. The van der Waals surface area contributed by atoms with Crippen molar-refractivity contribution < 1.29 is 12.8 Å². The van der Waals surface area contributed by atoms with Crippen molar-refractivity contribution in [2.45, 2.75) is 0 Å². The number of aromatic nitrogens is 3. The maximum Gasteiger partial charge on any atom is 0.258 e. The molecule has 2 heterocycles. The van der Waals surface area contributed by atoms with Crippen molar-refractivity contribution in [2.24, 2.45) is 0 Å². The van der Waals surface area contributed by atoms with Crippen LogP contribution in [-0.2, 0) is 10.9 Å². The van der Waals surface area contributed by atoms with E-state index >= 15 is 0 Å². The Labute approximate surface area is 79.7 Å². The molecule has 7 nitrogen and oxygen atoms in total. The van der Waals surface area contributed by atoms with E-state index in [1.165, 1.54) is 6.26 Å². The molecule has 2 aliphatic heterocycles. The first-order valence-electron chi connectivity index (χ1n) is 3.73. The molecule has 0 saturated carbocycles. The molecule has 0 aromatic heterocycles. The minimum absolute atomic E-state index is 0.342. The van der Waals surface area contributed by atoms with Gasteiger partial charge in [0.25, 0.3) is 5.55 Å². The van der Waals surface area contributed by atoms with Crippen LogP contribution in [0.3, 0.4) is 0 Å². The van der Waals surface area contributed by atoms with E-state index in [1.807, 2.05) is 0 Å². The predicted molar refractivity (Wildman–Crippen MR) is 48.0 cm³/mol. The lowest BCUT2D eigenvalue weighted by Crippen LogP contribution is -2.18. The first-order chi connectivity index (χ1) is 6.77. The summed E-state index contributed by atoms with van der Waals surface area (Å²) in [6, 6.07) is 1.72. The fraction of sp³-hybridized carbons (Fsp3) is 0. The highest BCUT2D eigenvalue weighted by Gasteiger charge is 1.95. The highest BCUT2D eigenvalue weighted by molar-refractivity contribution is 7.73. The van der Waals surface area contributed by atoms with Gasteiger partial charge in [-0.05, 0) is 6.07 Å². The lowest BCUT2D eigenvalue weighted by molar-refractivity contribution is 0.443. The van der Waals surface area contributed by atoms with Crippen LogP contribution >= 0.6 is 0 Å². The second kappa shape index (κ2) is 3.50. The molecule has 8 heteroatoms. The predicted octanol–water partition coefficient (Wildman–Crippen LogP) is -0.344. The van der Waals surface area contributed by atoms with Crippen molar-refractivity contribution >= 4 is 10.9 Å². The highest BCUT2D eigenvalue weighted by atomic mass is 32.2. The van der Waals surface area contributed by atoms with Crippen molar-refractivity contribution in [2.75, 3.05) is 4.83 Å².